The Morgan fingerprint density at radius 2 is 2.00 bits per heavy atom. The van der Waals surface area contributed by atoms with E-state index in [9.17, 15) is 0 Å². The fourth-order valence-corrected chi connectivity index (χ4v) is 1.93. The molecule has 0 aliphatic rings. The zero-order valence-corrected chi connectivity index (χ0v) is 12.7. The summed E-state index contributed by atoms with van der Waals surface area (Å²) in [6.45, 7) is 6.53. The standard InChI is InChI=1S/C13H19ClN6/c1-9(2)5-6-10(3)16-12-17-11(14)18-13(19-12)20-8-4-7-15-20/h4,7-10H,5-6H2,1-3H3,(H,16,17,18,19). The lowest BCUT2D eigenvalue weighted by Gasteiger charge is -2.15. The first kappa shape index (κ1) is 14.7. The number of nitrogens with one attached hydrogen (secondary N) is 1. The molecule has 7 heteroatoms. The highest BCUT2D eigenvalue weighted by atomic mass is 35.5. The molecule has 2 heterocycles. The van der Waals surface area contributed by atoms with Crippen LogP contribution in [0.4, 0.5) is 5.95 Å². The predicted octanol–water partition coefficient (Wildman–Crippen LogP) is 2.95. The van der Waals surface area contributed by atoms with Gasteiger partial charge in [-0.05, 0) is 43.4 Å². The Morgan fingerprint density at radius 1 is 1.20 bits per heavy atom. The second kappa shape index (κ2) is 6.65. The first-order valence-corrected chi connectivity index (χ1v) is 7.10. The lowest BCUT2D eigenvalue weighted by molar-refractivity contribution is 0.526. The molecule has 0 fully saturated rings. The summed E-state index contributed by atoms with van der Waals surface area (Å²) in [6, 6.07) is 2.08. The predicted molar refractivity (Wildman–Crippen MR) is 79.1 cm³/mol. The lowest BCUT2D eigenvalue weighted by Crippen LogP contribution is -2.19. The van der Waals surface area contributed by atoms with E-state index in [0.29, 0.717) is 17.8 Å². The number of aromatic nitrogens is 5. The summed E-state index contributed by atoms with van der Waals surface area (Å²) in [5.41, 5.74) is 0. The molecule has 2 aromatic heterocycles. The lowest BCUT2D eigenvalue weighted by atomic mass is 10.0. The molecule has 2 rings (SSSR count). The van der Waals surface area contributed by atoms with Crippen molar-refractivity contribution in [3.63, 3.8) is 0 Å². The van der Waals surface area contributed by atoms with Gasteiger partial charge in [0.2, 0.25) is 11.2 Å². The van der Waals surface area contributed by atoms with Gasteiger partial charge in [-0.1, -0.05) is 13.8 Å². The van der Waals surface area contributed by atoms with Crippen molar-refractivity contribution in [2.75, 3.05) is 5.32 Å². The van der Waals surface area contributed by atoms with Crippen LogP contribution in [-0.2, 0) is 0 Å². The van der Waals surface area contributed by atoms with E-state index in [1.54, 1.807) is 23.1 Å². The summed E-state index contributed by atoms with van der Waals surface area (Å²) in [5, 5.41) is 7.49. The van der Waals surface area contributed by atoms with Gasteiger partial charge in [-0.2, -0.15) is 20.1 Å². The monoisotopic (exact) mass is 294 g/mol. The van der Waals surface area contributed by atoms with E-state index in [-0.39, 0.29) is 11.3 Å². The van der Waals surface area contributed by atoms with Crippen LogP contribution in [0.2, 0.25) is 5.28 Å². The van der Waals surface area contributed by atoms with Crippen LogP contribution in [0.15, 0.2) is 18.5 Å². The van der Waals surface area contributed by atoms with Gasteiger partial charge in [-0.25, -0.2) is 4.68 Å². The van der Waals surface area contributed by atoms with Crippen LogP contribution >= 0.6 is 11.6 Å². The molecule has 108 valence electrons. The van der Waals surface area contributed by atoms with Crippen LogP contribution in [0.3, 0.4) is 0 Å². The number of hydrogen-bond donors (Lipinski definition) is 1. The molecule has 1 unspecified atom stereocenters. The van der Waals surface area contributed by atoms with Gasteiger partial charge in [0.05, 0.1) is 0 Å². The first-order valence-electron chi connectivity index (χ1n) is 6.72. The normalized spacial score (nSPS) is 12.7. The van der Waals surface area contributed by atoms with Crippen molar-refractivity contribution in [1.29, 1.82) is 0 Å². The van der Waals surface area contributed by atoms with E-state index in [2.05, 4.69) is 46.1 Å². The van der Waals surface area contributed by atoms with E-state index < -0.39 is 0 Å². The SMILES string of the molecule is CC(C)CCC(C)Nc1nc(Cl)nc(-n2cccn2)n1. The van der Waals surface area contributed by atoms with Crippen LogP contribution in [0.1, 0.15) is 33.6 Å². The highest BCUT2D eigenvalue weighted by Gasteiger charge is 2.10. The second-order valence-corrected chi connectivity index (χ2v) is 5.53. The first-order chi connectivity index (χ1) is 9.54. The van der Waals surface area contributed by atoms with Crippen LogP contribution in [0, 0.1) is 5.92 Å². The Morgan fingerprint density at radius 3 is 2.65 bits per heavy atom. The molecule has 0 radical (unpaired) electrons. The van der Waals surface area contributed by atoms with E-state index in [1.165, 1.54) is 0 Å². The van der Waals surface area contributed by atoms with Gasteiger partial charge in [-0.3, -0.25) is 0 Å². The molecular formula is C13H19ClN6. The third kappa shape index (κ3) is 4.16. The molecule has 0 bridgehead atoms. The Bertz CT molecular complexity index is 540. The number of anilines is 1. The largest absolute Gasteiger partial charge is 0.352 e. The van der Waals surface area contributed by atoms with Crippen molar-refractivity contribution < 1.29 is 0 Å². The minimum absolute atomic E-state index is 0.157. The summed E-state index contributed by atoms with van der Waals surface area (Å²) >= 11 is 5.93. The Kier molecular flexibility index (Phi) is 4.89. The van der Waals surface area contributed by atoms with E-state index in [4.69, 9.17) is 11.6 Å². The third-order valence-corrected chi connectivity index (χ3v) is 3.03. The van der Waals surface area contributed by atoms with Gasteiger partial charge in [0.1, 0.15) is 0 Å². The van der Waals surface area contributed by atoms with Gasteiger partial charge in [0.25, 0.3) is 5.95 Å². The minimum atomic E-state index is 0.157. The van der Waals surface area contributed by atoms with Gasteiger partial charge < -0.3 is 5.32 Å². The quantitative estimate of drug-likeness (QED) is 0.887. The van der Waals surface area contributed by atoms with Crippen molar-refractivity contribution in [2.45, 2.75) is 39.7 Å². The maximum atomic E-state index is 5.93. The maximum Gasteiger partial charge on any atom is 0.256 e. The van der Waals surface area contributed by atoms with E-state index >= 15 is 0 Å². The van der Waals surface area contributed by atoms with Crippen molar-refractivity contribution in [3.05, 3.63) is 23.7 Å². The smallest absolute Gasteiger partial charge is 0.256 e. The molecule has 0 aliphatic heterocycles. The molecule has 2 aromatic rings. The summed E-state index contributed by atoms with van der Waals surface area (Å²) < 4.78 is 1.55. The Labute approximate surface area is 123 Å². The second-order valence-electron chi connectivity index (χ2n) is 5.20. The van der Waals surface area contributed by atoms with Crippen LogP contribution in [-0.4, -0.2) is 30.8 Å². The van der Waals surface area contributed by atoms with Crippen LogP contribution < -0.4 is 5.32 Å². The van der Waals surface area contributed by atoms with Gasteiger partial charge >= 0.3 is 0 Å². The van der Waals surface area contributed by atoms with Gasteiger partial charge in [-0.15, -0.1) is 0 Å². The molecule has 1 N–H and O–H groups in total. The molecule has 6 nitrogen and oxygen atoms in total. The van der Waals surface area contributed by atoms with Crippen LogP contribution in [0.25, 0.3) is 5.95 Å². The highest BCUT2D eigenvalue weighted by molar-refractivity contribution is 6.28. The molecule has 0 saturated carbocycles. The zero-order valence-electron chi connectivity index (χ0n) is 11.9. The molecule has 20 heavy (non-hydrogen) atoms. The zero-order chi connectivity index (χ0) is 14.5. The Hall–Kier alpha value is -1.69. The number of halogens is 1. The third-order valence-electron chi connectivity index (χ3n) is 2.86. The summed E-state index contributed by atoms with van der Waals surface area (Å²) in [6.07, 6.45) is 5.63. The van der Waals surface area contributed by atoms with Crippen molar-refractivity contribution in [2.24, 2.45) is 5.92 Å². The minimum Gasteiger partial charge on any atom is -0.352 e. The molecule has 0 aliphatic carbocycles. The van der Waals surface area contributed by atoms with Crippen molar-refractivity contribution in [1.82, 2.24) is 24.7 Å². The molecule has 0 spiro atoms. The number of nitrogens with zero attached hydrogens (tertiary/aromatic N) is 5. The average molecular weight is 295 g/mol. The summed E-state index contributed by atoms with van der Waals surface area (Å²) in [5.74, 6) is 1.57. The highest BCUT2D eigenvalue weighted by Crippen LogP contribution is 2.13. The van der Waals surface area contributed by atoms with Gasteiger partial charge in [0, 0.05) is 18.4 Å². The maximum absolute atomic E-state index is 5.93. The van der Waals surface area contributed by atoms with Crippen molar-refractivity contribution in [3.8, 4) is 5.95 Å². The van der Waals surface area contributed by atoms with Crippen molar-refractivity contribution >= 4 is 17.5 Å². The number of rotatable bonds is 6. The van der Waals surface area contributed by atoms with Gasteiger partial charge in [0.15, 0.2) is 0 Å². The van der Waals surface area contributed by atoms with E-state index in [0.717, 1.165) is 12.8 Å². The Balaban J connectivity index is 2.08. The molecule has 0 amide bonds. The molecule has 0 saturated heterocycles. The van der Waals surface area contributed by atoms with E-state index in [1.807, 2.05) is 0 Å². The number of hydrogen-bond acceptors (Lipinski definition) is 5. The average Bonchev–Trinajstić information content (AvgIpc) is 2.89. The topological polar surface area (TPSA) is 68.5 Å². The molecular weight excluding hydrogens is 276 g/mol. The molecule has 0 aromatic carbocycles. The molecule has 1 atom stereocenters. The summed E-state index contributed by atoms with van der Waals surface area (Å²) in [4.78, 5) is 12.5. The fraction of sp³-hybridized carbons (Fsp3) is 0.538. The fourth-order valence-electron chi connectivity index (χ4n) is 1.77. The van der Waals surface area contributed by atoms with Crippen LogP contribution in [0.5, 0.6) is 0 Å². The summed E-state index contributed by atoms with van der Waals surface area (Å²) in [7, 11) is 0.